The van der Waals surface area contributed by atoms with E-state index in [0.29, 0.717) is 0 Å². The second kappa shape index (κ2) is 7.90. The minimum atomic E-state index is -0.740. The van der Waals surface area contributed by atoms with Gasteiger partial charge >= 0.3 is 112 Å². The van der Waals surface area contributed by atoms with Crippen molar-refractivity contribution in [2.75, 3.05) is 0 Å². The maximum atomic E-state index is 11.6. The van der Waals surface area contributed by atoms with Gasteiger partial charge in [-0.15, -0.1) is 0 Å². The number of hydrogen-bond donors (Lipinski definition) is 0. The van der Waals surface area contributed by atoms with Crippen LogP contribution in [0.2, 0.25) is 5.02 Å². The van der Waals surface area contributed by atoms with Gasteiger partial charge in [0.2, 0.25) is 0 Å². The van der Waals surface area contributed by atoms with Crippen molar-refractivity contribution in [3.05, 3.63) is 41.4 Å². The number of unbranched alkanes of at least 4 members (excludes halogenated alkanes) is 2. The molecule has 0 saturated heterocycles. The van der Waals surface area contributed by atoms with Crippen molar-refractivity contribution in [3.8, 4) is 0 Å². The van der Waals surface area contributed by atoms with Crippen LogP contribution >= 0.6 is 11.6 Å². The predicted octanol–water partition coefficient (Wildman–Crippen LogP) is 2.94. The van der Waals surface area contributed by atoms with E-state index in [1.165, 1.54) is 6.42 Å². The Morgan fingerprint density at radius 2 is 2.06 bits per heavy atom. The van der Waals surface area contributed by atoms with Gasteiger partial charge in [0, 0.05) is 0 Å². The molecule has 3 heteroatoms. The summed E-state index contributed by atoms with van der Waals surface area (Å²) in [5, 5.41) is 0.724. The molecule has 1 aromatic carbocycles. The number of allylic oxidation sites excluding steroid dienone is 2. The van der Waals surface area contributed by atoms with E-state index in [4.69, 9.17) is 11.6 Å². The van der Waals surface area contributed by atoms with Crippen molar-refractivity contribution >= 4 is 40.0 Å². The Hall–Kier alpha value is -0.290. The third kappa shape index (κ3) is 5.70. The van der Waals surface area contributed by atoms with Crippen LogP contribution in [0, 0.1) is 0 Å². The predicted molar refractivity (Wildman–Crippen MR) is 70.5 cm³/mol. The van der Waals surface area contributed by atoms with Crippen LogP contribution in [0.15, 0.2) is 36.4 Å². The standard InChI is InChI=1S/C13H15ClOTe/c1-2-3-4-5-6-13(15)16-12-9-7-11(14)8-10-12/h5-10H,2-4H2,1H3/b6-5+. The molecule has 0 aliphatic rings. The molecule has 0 aromatic heterocycles. The van der Waals surface area contributed by atoms with E-state index in [0.717, 1.165) is 21.5 Å². The van der Waals surface area contributed by atoms with E-state index in [1.807, 2.05) is 30.3 Å². The van der Waals surface area contributed by atoms with Gasteiger partial charge in [0.05, 0.1) is 0 Å². The maximum absolute atomic E-state index is 11.6. The molecule has 0 saturated carbocycles. The molecule has 0 radical (unpaired) electrons. The average molecular weight is 350 g/mol. The van der Waals surface area contributed by atoms with Crippen molar-refractivity contribution in [1.29, 1.82) is 0 Å². The van der Waals surface area contributed by atoms with Crippen molar-refractivity contribution < 1.29 is 4.79 Å². The molecule has 0 aliphatic carbocycles. The molecule has 0 N–H and O–H groups in total. The van der Waals surface area contributed by atoms with Gasteiger partial charge in [0.15, 0.2) is 0 Å². The number of benzene rings is 1. The first-order valence-electron chi connectivity index (χ1n) is 5.36. The third-order valence-electron chi connectivity index (χ3n) is 2.01. The van der Waals surface area contributed by atoms with E-state index in [-0.39, 0.29) is 3.83 Å². The van der Waals surface area contributed by atoms with Crippen LogP contribution in [0.25, 0.3) is 0 Å². The van der Waals surface area contributed by atoms with E-state index in [9.17, 15) is 4.79 Å². The van der Waals surface area contributed by atoms with E-state index >= 15 is 0 Å². The molecule has 0 atom stereocenters. The van der Waals surface area contributed by atoms with Gasteiger partial charge in [-0.05, 0) is 0 Å². The zero-order valence-electron chi connectivity index (χ0n) is 9.28. The van der Waals surface area contributed by atoms with Crippen LogP contribution in [0.5, 0.6) is 0 Å². The molecule has 1 nitrogen and oxygen atoms in total. The molecule has 0 spiro atoms. The summed E-state index contributed by atoms with van der Waals surface area (Å²) in [6.45, 7) is 2.15. The van der Waals surface area contributed by atoms with Gasteiger partial charge in [0.25, 0.3) is 0 Å². The molecule has 0 fully saturated rings. The molecule has 0 unspecified atom stereocenters. The molecule has 0 amide bonds. The fourth-order valence-electron chi connectivity index (χ4n) is 1.15. The zero-order valence-corrected chi connectivity index (χ0v) is 12.4. The fourth-order valence-corrected chi connectivity index (χ4v) is 3.19. The second-order valence-electron chi connectivity index (χ2n) is 3.42. The van der Waals surface area contributed by atoms with Gasteiger partial charge < -0.3 is 0 Å². The molecular weight excluding hydrogens is 335 g/mol. The summed E-state index contributed by atoms with van der Waals surface area (Å²) in [5.41, 5.74) is 0. The molecule has 1 aromatic rings. The second-order valence-corrected chi connectivity index (χ2v) is 6.93. The zero-order chi connectivity index (χ0) is 11.8. The van der Waals surface area contributed by atoms with E-state index < -0.39 is 20.9 Å². The Balaban J connectivity index is 2.39. The Labute approximate surface area is 112 Å². The van der Waals surface area contributed by atoms with Gasteiger partial charge in [0.1, 0.15) is 0 Å². The van der Waals surface area contributed by atoms with Crippen LogP contribution in [-0.4, -0.2) is 24.8 Å². The number of hydrogen-bond acceptors (Lipinski definition) is 1. The summed E-state index contributed by atoms with van der Waals surface area (Å²) in [4.78, 5) is 11.6. The first kappa shape index (κ1) is 13.8. The number of rotatable bonds is 6. The molecule has 16 heavy (non-hydrogen) atoms. The Morgan fingerprint density at radius 3 is 2.69 bits per heavy atom. The van der Waals surface area contributed by atoms with Crippen LogP contribution in [0.4, 0.5) is 0 Å². The number of carbonyl (C=O) groups excluding carboxylic acids is 1. The van der Waals surface area contributed by atoms with Gasteiger partial charge in [-0.2, -0.15) is 0 Å². The SMILES string of the molecule is CCCC/C=C/C(=O)[Te]c1ccc(Cl)cc1. The third-order valence-corrected chi connectivity index (χ3v) is 4.67. The number of carbonyl (C=O) groups is 1. The topological polar surface area (TPSA) is 17.1 Å². The molecular formula is C13H15ClOTe. The van der Waals surface area contributed by atoms with Crippen molar-refractivity contribution in [1.82, 2.24) is 0 Å². The van der Waals surface area contributed by atoms with Crippen LogP contribution in [0.1, 0.15) is 26.2 Å². The summed E-state index contributed by atoms with van der Waals surface area (Å²) in [7, 11) is 0. The van der Waals surface area contributed by atoms with Crippen molar-refractivity contribution in [2.24, 2.45) is 0 Å². The van der Waals surface area contributed by atoms with E-state index in [2.05, 4.69) is 6.92 Å². The first-order chi connectivity index (χ1) is 7.72. The average Bonchev–Trinajstić information content (AvgIpc) is 2.28. The molecule has 86 valence electrons. The molecule has 0 heterocycles. The van der Waals surface area contributed by atoms with Gasteiger partial charge in [-0.1, -0.05) is 0 Å². The van der Waals surface area contributed by atoms with Crippen LogP contribution < -0.4 is 3.61 Å². The van der Waals surface area contributed by atoms with Crippen molar-refractivity contribution in [2.45, 2.75) is 26.2 Å². The summed E-state index contributed by atoms with van der Waals surface area (Å²) in [6.07, 6.45) is 7.08. The van der Waals surface area contributed by atoms with Crippen LogP contribution in [-0.2, 0) is 4.79 Å². The number of halogens is 1. The monoisotopic (exact) mass is 352 g/mol. The summed E-state index contributed by atoms with van der Waals surface area (Å²) in [5.74, 6) is 0. The fraction of sp³-hybridized carbons (Fsp3) is 0.308. The summed E-state index contributed by atoms with van der Waals surface area (Å²) < 4.78 is 1.42. The summed E-state index contributed by atoms with van der Waals surface area (Å²) >= 11 is 5.04. The van der Waals surface area contributed by atoms with Crippen molar-refractivity contribution in [3.63, 3.8) is 0 Å². The Morgan fingerprint density at radius 1 is 1.38 bits per heavy atom. The molecule has 0 bridgehead atoms. The Bertz CT molecular complexity index is 357. The normalized spacial score (nSPS) is 10.9. The minimum absolute atomic E-state index is 0.281. The summed E-state index contributed by atoms with van der Waals surface area (Å²) in [6, 6.07) is 7.58. The Kier molecular flexibility index (Phi) is 6.80. The van der Waals surface area contributed by atoms with Gasteiger partial charge in [-0.25, -0.2) is 0 Å². The van der Waals surface area contributed by atoms with E-state index in [1.54, 1.807) is 6.08 Å². The molecule has 0 aliphatic heterocycles. The quantitative estimate of drug-likeness (QED) is 0.438. The van der Waals surface area contributed by atoms with Gasteiger partial charge in [-0.3, -0.25) is 0 Å². The van der Waals surface area contributed by atoms with Crippen LogP contribution in [0.3, 0.4) is 0 Å². The molecule has 1 rings (SSSR count). The first-order valence-corrected chi connectivity index (χ1v) is 8.07.